The van der Waals surface area contributed by atoms with Crippen LogP contribution in [0.25, 0.3) is 0 Å². The van der Waals surface area contributed by atoms with E-state index >= 15 is 0 Å². The zero-order valence-corrected chi connectivity index (χ0v) is 14.7. The Bertz CT molecular complexity index is 615. The molecule has 1 aromatic carbocycles. The standard InChI is InChI=1S/C15H19BrClN3O/c1-4-18-14(15-12(16)9-19-20(15)5-2)11-8-10(17)6-7-13(11)21-3/h6-9,14,18H,4-5H2,1-3H3. The number of aromatic nitrogens is 2. The van der Waals surface area contributed by atoms with E-state index in [1.54, 1.807) is 7.11 Å². The van der Waals surface area contributed by atoms with Crippen LogP contribution in [0, 0.1) is 0 Å². The van der Waals surface area contributed by atoms with Crippen molar-refractivity contribution in [3.8, 4) is 5.75 Å². The van der Waals surface area contributed by atoms with E-state index in [1.165, 1.54) is 0 Å². The predicted octanol–water partition coefficient (Wildman–Crippen LogP) is 4.03. The van der Waals surface area contributed by atoms with Gasteiger partial charge in [0.25, 0.3) is 0 Å². The molecule has 2 aromatic rings. The number of halogens is 2. The van der Waals surface area contributed by atoms with Crippen molar-refractivity contribution in [1.82, 2.24) is 15.1 Å². The van der Waals surface area contributed by atoms with Gasteiger partial charge in [0.1, 0.15) is 5.75 Å². The first-order chi connectivity index (χ1) is 10.1. The van der Waals surface area contributed by atoms with Crippen LogP contribution < -0.4 is 10.1 Å². The maximum absolute atomic E-state index is 6.18. The molecule has 0 aliphatic rings. The molecule has 0 radical (unpaired) electrons. The lowest BCUT2D eigenvalue weighted by Gasteiger charge is -2.22. The van der Waals surface area contributed by atoms with Crippen LogP contribution in [0.5, 0.6) is 5.75 Å². The van der Waals surface area contributed by atoms with Gasteiger partial charge in [0.15, 0.2) is 0 Å². The number of nitrogens with zero attached hydrogens (tertiary/aromatic N) is 2. The van der Waals surface area contributed by atoms with Crippen molar-refractivity contribution < 1.29 is 4.74 Å². The minimum Gasteiger partial charge on any atom is -0.496 e. The van der Waals surface area contributed by atoms with Crippen LogP contribution in [0.15, 0.2) is 28.9 Å². The van der Waals surface area contributed by atoms with Crippen molar-refractivity contribution >= 4 is 27.5 Å². The number of nitrogens with one attached hydrogen (secondary N) is 1. The van der Waals surface area contributed by atoms with Crippen molar-refractivity contribution in [2.75, 3.05) is 13.7 Å². The van der Waals surface area contributed by atoms with Crippen molar-refractivity contribution in [3.05, 3.63) is 45.1 Å². The van der Waals surface area contributed by atoms with Gasteiger partial charge in [-0.1, -0.05) is 18.5 Å². The second-order valence-electron chi connectivity index (χ2n) is 4.57. The molecule has 2 rings (SSSR count). The summed E-state index contributed by atoms with van der Waals surface area (Å²) in [5, 5.41) is 8.57. The lowest BCUT2D eigenvalue weighted by molar-refractivity contribution is 0.402. The van der Waals surface area contributed by atoms with Crippen LogP contribution in [0.1, 0.15) is 31.1 Å². The van der Waals surface area contributed by atoms with Crippen molar-refractivity contribution in [1.29, 1.82) is 0 Å². The molecule has 6 heteroatoms. The van der Waals surface area contributed by atoms with Crippen LogP contribution in [-0.4, -0.2) is 23.4 Å². The number of ether oxygens (including phenoxy) is 1. The van der Waals surface area contributed by atoms with Gasteiger partial charge in [-0.3, -0.25) is 4.68 Å². The maximum Gasteiger partial charge on any atom is 0.124 e. The molecule has 0 amide bonds. The van der Waals surface area contributed by atoms with Gasteiger partial charge in [-0.05, 0) is 47.6 Å². The van der Waals surface area contributed by atoms with Crippen molar-refractivity contribution in [3.63, 3.8) is 0 Å². The molecule has 0 saturated carbocycles. The van der Waals surface area contributed by atoms with Gasteiger partial charge in [-0.15, -0.1) is 0 Å². The Hall–Kier alpha value is -1.04. The van der Waals surface area contributed by atoms with E-state index in [2.05, 4.69) is 40.2 Å². The van der Waals surface area contributed by atoms with Gasteiger partial charge in [-0.25, -0.2) is 0 Å². The first-order valence-electron chi connectivity index (χ1n) is 6.90. The van der Waals surface area contributed by atoms with Gasteiger partial charge < -0.3 is 10.1 Å². The highest BCUT2D eigenvalue weighted by atomic mass is 79.9. The Balaban J connectivity index is 2.58. The smallest absolute Gasteiger partial charge is 0.124 e. The van der Waals surface area contributed by atoms with Gasteiger partial charge in [0.05, 0.1) is 29.5 Å². The van der Waals surface area contributed by atoms with Crippen molar-refractivity contribution in [2.24, 2.45) is 0 Å². The fourth-order valence-electron chi connectivity index (χ4n) is 2.40. The summed E-state index contributed by atoms with van der Waals surface area (Å²) in [5.74, 6) is 0.807. The lowest BCUT2D eigenvalue weighted by Crippen LogP contribution is -2.25. The van der Waals surface area contributed by atoms with Gasteiger partial charge in [0, 0.05) is 17.1 Å². The molecule has 1 aromatic heterocycles. The summed E-state index contributed by atoms with van der Waals surface area (Å²) in [5.41, 5.74) is 2.07. The normalized spacial score (nSPS) is 12.4. The molecule has 0 bridgehead atoms. The topological polar surface area (TPSA) is 39.1 Å². The van der Waals surface area contributed by atoms with E-state index in [-0.39, 0.29) is 6.04 Å². The summed E-state index contributed by atoms with van der Waals surface area (Å²) in [4.78, 5) is 0. The minimum atomic E-state index is -0.0412. The van der Waals surface area contributed by atoms with E-state index < -0.39 is 0 Å². The second kappa shape index (κ2) is 7.29. The molecular weight excluding hydrogens is 354 g/mol. The number of aryl methyl sites for hydroxylation is 1. The first-order valence-corrected chi connectivity index (χ1v) is 8.07. The number of hydrogen-bond acceptors (Lipinski definition) is 3. The molecule has 0 aliphatic carbocycles. The quantitative estimate of drug-likeness (QED) is 0.832. The third-order valence-corrected chi connectivity index (χ3v) is 4.16. The number of hydrogen-bond donors (Lipinski definition) is 1. The van der Waals surface area contributed by atoms with Crippen LogP contribution in [-0.2, 0) is 6.54 Å². The molecule has 114 valence electrons. The zero-order chi connectivity index (χ0) is 15.4. The molecule has 0 saturated heterocycles. The second-order valence-corrected chi connectivity index (χ2v) is 5.86. The SMILES string of the molecule is CCNC(c1cc(Cl)ccc1OC)c1c(Br)cnn1CC. The Morgan fingerprint density at radius 3 is 2.81 bits per heavy atom. The van der Waals surface area contributed by atoms with Crippen LogP contribution in [0.2, 0.25) is 5.02 Å². The number of benzene rings is 1. The zero-order valence-electron chi connectivity index (χ0n) is 12.4. The summed E-state index contributed by atoms with van der Waals surface area (Å²) >= 11 is 9.77. The van der Waals surface area contributed by atoms with Crippen LogP contribution in [0.4, 0.5) is 0 Å². The molecular formula is C15H19BrClN3O. The van der Waals surface area contributed by atoms with E-state index in [0.29, 0.717) is 5.02 Å². The van der Waals surface area contributed by atoms with Gasteiger partial charge in [0.2, 0.25) is 0 Å². The Morgan fingerprint density at radius 1 is 1.43 bits per heavy atom. The summed E-state index contributed by atoms with van der Waals surface area (Å²) in [6.07, 6.45) is 1.82. The number of methoxy groups -OCH3 is 1. The average molecular weight is 373 g/mol. The fourth-order valence-corrected chi connectivity index (χ4v) is 3.11. The third-order valence-electron chi connectivity index (χ3n) is 3.32. The molecule has 1 N–H and O–H groups in total. The van der Waals surface area contributed by atoms with E-state index in [1.807, 2.05) is 29.1 Å². The molecule has 0 aliphatic heterocycles. The maximum atomic E-state index is 6.18. The van der Waals surface area contributed by atoms with Gasteiger partial charge in [-0.2, -0.15) is 5.10 Å². The monoisotopic (exact) mass is 371 g/mol. The largest absolute Gasteiger partial charge is 0.496 e. The Kier molecular flexibility index (Phi) is 5.67. The Morgan fingerprint density at radius 2 is 2.19 bits per heavy atom. The van der Waals surface area contributed by atoms with Crippen molar-refractivity contribution in [2.45, 2.75) is 26.4 Å². The molecule has 4 nitrogen and oxygen atoms in total. The molecule has 1 atom stereocenters. The average Bonchev–Trinajstić information content (AvgIpc) is 2.85. The van der Waals surface area contributed by atoms with Crippen LogP contribution in [0.3, 0.4) is 0 Å². The Labute approximate surface area is 138 Å². The molecule has 21 heavy (non-hydrogen) atoms. The predicted molar refractivity (Wildman–Crippen MR) is 89.1 cm³/mol. The minimum absolute atomic E-state index is 0.0412. The van der Waals surface area contributed by atoms with E-state index in [0.717, 1.165) is 34.6 Å². The highest BCUT2D eigenvalue weighted by molar-refractivity contribution is 9.10. The molecule has 1 unspecified atom stereocenters. The fraction of sp³-hybridized carbons (Fsp3) is 0.400. The lowest BCUT2D eigenvalue weighted by atomic mass is 10.0. The summed E-state index contributed by atoms with van der Waals surface area (Å²) < 4.78 is 8.44. The first kappa shape index (κ1) is 16.3. The summed E-state index contributed by atoms with van der Waals surface area (Å²) in [7, 11) is 1.67. The molecule has 0 spiro atoms. The molecule has 0 fully saturated rings. The van der Waals surface area contributed by atoms with Crippen LogP contribution >= 0.6 is 27.5 Å². The molecule has 1 heterocycles. The summed E-state index contributed by atoms with van der Waals surface area (Å²) in [6, 6.07) is 5.62. The van der Waals surface area contributed by atoms with E-state index in [4.69, 9.17) is 16.3 Å². The van der Waals surface area contributed by atoms with Gasteiger partial charge >= 0.3 is 0 Å². The highest BCUT2D eigenvalue weighted by Crippen LogP contribution is 2.35. The highest BCUT2D eigenvalue weighted by Gasteiger charge is 2.24. The summed E-state index contributed by atoms with van der Waals surface area (Å²) in [6.45, 7) is 5.76. The van der Waals surface area contributed by atoms with E-state index in [9.17, 15) is 0 Å². The third kappa shape index (κ3) is 3.42. The number of rotatable bonds is 6.